The molecule has 3 rings (SSSR count). The molecular weight excluding hydrogens is 356 g/mol. The lowest BCUT2D eigenvalue weighted by atomic mass is 10.2. The van der Waals surface area contributed by atoms with Gasteiger partial charge in [-0.25, -0.2) is 9.59 Å². The number of carboxylic acids is 2. The minimum absolute atomic E-state index is 0. The van der Waals surface area contributed by atoms with Gasteiger partial charge in [-0.1, -0.05) is 23.4 Å². The van der Waals surface area contributed by atoms with Gasteiger partial charge < -0.3 is 29.7 Å². The van der Waals surface area contributed by atoms with Crippen molar-refractivity contribution < 1.29 is 29.8 Å². The lowest BCUT2D eigenvalue weighted by molar-refractivity contribution is -0.159. The summed E-state index contributed by atoms with van der Waals surface area (Å²) in [5, 5.41) is 20.0. The lowest BCUT2D eigenvalue weighted by Gasteiger charge is -2.05. The third-order valence-corrected chi connectivity index (χ3v) is 3.56. The van der Waals surface area contributed by atoms with Crippen molar-refractivity contribution in [2.24, 2.45) is 7.05 Å². The quantitative estimate of drug-likeness (QED) is 0.628. The summed E-state index contributed by atoms with van der Waals surface area (Å²) in [7, 11) is 6.09. The van der Waals surface area contributed by atoms with Gasteiger partial charge in [-0.05, 0) is 20.2 Å². The van der Waals surface area contributed by atoms with E-state index in [1.54, 1.807) is 0 Å². The molecule has 0 fully saturated rings. The minimum atomic E-state index is -1.82. The number of rotatable bonds is 4. The van der Waals surface area contributed by atoms with Crippen LogP contribution in [-0.2, 0) is 23.1 Å². The van der Waals surface area contributed by atoms with Crippen molar-refractivity contribution in [1.29, 1.82) is 0 Å². The van der Waals surface area contributed by atoms with E-state index in [9.17, 15) is 0 Å². The Bertz CT molecular complexity index is 903. The van der Waals surface area contributed by atoms with Gasteiger partial charge in [0.15, 0.2) is 0 Å². The lowest BCUT2D eigenvalue weighted by Crippen LogP contribution is -2.15. The number of likely N-dealkylation sites (N-methyl/N-ethyl adjacent to an activating group) is 1. The predicted octanol–water partition coefficient (Wildman–Crippen LogP) is 0.663. The van der Waals surface area contributed by atoms with Crippen LogP contribution in [0.15, 0.2) is 35.0 Å². The van der Waals surface area contributed by atoms with Gasteiger partial charge in [0.25, 0.3) is 0 Å². The zero-order valence-electron chi connectivity index (χ0n) is 15.2. The average molecular weight is 378 g/mol. The molecular formula is C17H22N4O6. The Morgan fingerprint density at radius 3 is 2.41 bits per heavy atom. The van der Waals surface area contributed by atoms with Crippen LogP contribution in [0.5, 0.6) is 0 Å². The SMILES string of the molecule is CN(C)CCc1nc(-c2cn(C)c3ccccc23)no1.O.O=C(O)C(=O)O. The van der Waals surface area contributed by atoms with E-state index in [0.717, 1.165) is 23.9 Å². The van der Waals surface area contributed by atoms with Crippen LogP contribution in [0.1, 0.15) is 5.89 Å². The highest BCUT2D eigenvalue weighted by Gasteiger charge is 2.14. The number of nitrogens with zero attached hydrogens (tertiary/aromatic N) is 4. The molecule has 0 saturated heterocycles. The van der Waals surface area contributed by atoms with E-state index in [2.05, 4.69) is 31.7 Å². The Balaban J connectivity index is 0.000000456. The van der Waals surface area contributed by atoms with Gasteiger partial charge in [-0.3, -0.25) is 0 Å². The Kier molecular flexibility index (Phi) is 7.64. The van der Waals surface area contributed by atoms with Crippen LogP contribution < -0.4 is 0 Å². The number of fused-ring (bicyclic) bond motifs is 1. The van der Waals surface area contributed by atoms with Crippen LogP contribution in [0.2, 0.25) is 0 Å². The number of hydrogen-bond acceptors (Lipinski definition) is 6. The molecule has 0 spiro atoms. The molecule has 0 amide bonds. The zero-order chi connectivity index (χ0) is 19.3. The first kappa shape index (κ1) is 21.8. The molecule has 0 unspecified atom stereocenters. The summed E-state index contributed by atoms with van der Waals surface area (Å²) < 4.78 is 7.41. The molecule has 10 heteroatoms. The number of aromatic nitrogens is 3. The van der Waals surface area contributed by atoms with Crippen molar-refractivity contribution >= 4 is 22.8 Å². The monoisotopic (exact) mass is 378 g/mol. The first-order chi connectivity index (χ1) is 12.3. The molecule has 10 nitrogen and oxygen atoms in total. The van der Waals surface area contributed by atoms with Gasteiger partial charge in [-0.15, -0.1) is 0 Å². The molecule has 27 heavy (non-hydrogen) atoms. The molecule has 0 aliphatic heterocycles. The fourth-order valence-electron chi connectivity index (χ4n) is 2.30. The third kappa shape index (κ3) is 5.62. The smallest absolute Gasteiger partial charge is 0.414 e. The summed E-state index contributed by atoms with van der Waals surface area (Å²) in [5.41, 5.74) is 2.19. The second-order valence-corrected chi connectivity index (χ2v) is 5.85. The average Bonchev–Trinajstić information content (AvgIpc) is 3.18. The fraction of sp³-hybridized carbons (Fsp3) is 0.294. The molecule has 3 aromatic rings. The van der Waals surface area contributed by atoms with Crippen molar-refractivity contribution in [3.8, 4) is 11.4 Å². The maximum absolute atomic E-state index is 9.10. The Morgan fingerprint density at radius 2 is 1.81 bits per heavy atom. The van der Waals surface area contributed by atoms with Crippen molar-refractivity contribution in [2.75, 3.05) is 20.6 Å². The van der Waals surface area contributed by atoms with E-state index < -0.39 is 11.9 Å². The molecule has 0 saturated carbocycles. The van der Waals surface area contributed by atoms with E-state index in [1.807, 2.05) is 39.5 Å². The Labute approximate surface area is 154 Å². The summed E-state index contributed by atoms with van der Waals surface area (Å²) in [6.07, 6.45) is 2.82. The number of benzene rings is 1. The van der Waals surface area contributed by atoms with Crippen molar-refractivity contribution in [2.45, 2.75) is 6.42 Å². The van der Waals surface area contributed by atoms with Gasteiger partial charge in [0, 0.05) is 42.7 Å². The molecule has 2 aromatic heterocycles. The van der Waals surface area contributed by atoms with Crippen LogP contribution in [-0.4, -0.2) is 67.9 Å². The van der Waals surface area contributed by atoms with Crippen molar-refractivity contribution in [3.63, 3.8) is 0 Å². The summed E-state index contributed by atoms with van der Waals surface area (Å²) in [5.74, 6) is -2.30. The van der Waals surface area contributed by atoms with Crippen LogP contribution >= 0.6 is 0 Å². The summed E-state index contributed by atoms with van der Waals surface area (Å²) in [4.78, 5) is 24.8. The molecule has 4 N–H and O–H groups in total. The number of aliphatic carboxylic acids is 2. The predicted molar refractivity (Wildman–Crippen MR) is 97.4 cm³/mol. The van der Waals surface area contributed by atoms with E-state index in [-0.39, 0.29) is 5.48 Å². The van der Waals surface area contributed by atoms with Gasteiger partial charge in [-0.2, -0.15) is 4.98 Å². The molecule has 1 aromatic carbocycles. The maximum Gasteiger partial charge on any atom is 0.414 e. The molecule has 0 aliphatic rings. The first-order valence-electron chi connectivity index (χ1n) is 7.77. The molecule has 146 valence electrons. The largest absolute Gasteiger partial charge is 0.473 e. The third-order valence-electron chi connectivity index (χ3n) is 3.56. The summed E-state index contributed by atoms with van der Waals surface area (Å²) in [6.45, 7) is 0.900. The maximum atomic E-state index is 9.10. The molecule has 0 atom stereocenters. The van der Waals surface area contributed by atoms with Gasteiger partial charge in [0.1, 0.15) is 0 Å². The first-order valence-corrected chi connectivity index (χ1v) is 7.77. The van der Waals surface area contributed by atoms with Gasteiger partial charge in [0.2, 0.25) is 11.7 Å². The molecule has 0 bridgehead atoms. The van der Waals surface area contributed by atoms with E-state index in [4.69, 9.17) is 24.3 Å². The molecule has 0 aliphatic carbocycles. The topological polar surface area (TPSA) is 153 Å². The van der Waals surface area contributed by atoms with Crippen LogP contribution in [0, 0.1) is 0 Å². The highest BCUT2D eigenvalue weighted by atomic mass is 16.5. The summed E-state index contributed by atoms with van der Waals surface area (Å²) >= 11 is 0. The highest BCUT2D eigenvalue weighted by molar-refractivity contribution is 6.27. The Hall–Kier alpha value is -3.24. The van der Waals surface area contributed by atoms with E-state index >= 15 is 0 Å². The molecule has 0 radical (unpaired) electrons. The number of carboxylic acid groups (broad SMARTS) is 2. The highest BCUT2D eigenvalue weighted by Crippen LogP contribution is 2.27. The van der Waals surface area contributed by atoms with Gasteiger partial charge in [0.05, 0.1) is 0 Å². The van der Waals surface area contributed by atoms with Crippen LogP contribution in [0.4, 0.5) is 0 Å². The zero-order valence-corrected chi connectivity index (χ0v) is 15.2. The minimum Gasteiger partial charge on any atom is -0.473 e. The number of para-hydroxylation sites is 1. The van der Waals surface area contributed by atoms with E-state index in [0.29, 0.717) is 11.7 Å². The standard InChI is InChI=1S/C15H18N4O.C2H2O4.H2O/c1-18(2)9-8-14-16-15(17-20-14)12-10-19(3)13-7-5-4-6-11(12)13;3-1(4)2(5)6;/h4-7,10H,8-9H2,1-3H3;(H,3,4)(H,5,6);1H2. The van der Waals surface area contributed by atoms with Gasteiger partial charge >= 0.3 is 11.9 Å². The number of carbonyl (C=O) groups is 2. The number of aryl methyl sites for hydroxylation is 1. The van der Waals surface area contributed by atoms with Crippen molar-refractivity contribution in [3.05, 3.63) is 36.4 Å². The van der Waals surface area contributed by atoms with Crippen molar-refractivity contribution in [1.82, 2.24) is 19.6 Å². The normalized spacial score (nSPS) is 10.2. The second-order valence-electron chi connectivity index (χ2n) is 5.85. The van der Waals surface area contributed by atoms with E-state index in [1.165, 1.54) is 5.52 Å². The molecule has 2 heterocycles. The Morgan fingerprint density at radius 1 is 1.19 bits per heavy atom. The van der Waals surface area contributed by atoms with Crippen LogP contribution in [0.25, 0.3) is 22.3 Å². The summed E-state index contributed by atoms with van der Waals surface area (Å²) in [6, 6.07) is 8.23. The fourth-order valence-corrected chi connectivity index (χ4v) is 2.30. The number of hydrogen-bond donors (Lipinski definition) is 2. The second kappa shape index (κ2) is 9.46. The van der Waals surface area contributed by atoms with Crippen LogP contribution in [0.3, 0.4) is 0 Å².